The van der Waals surface area contributed by atoms with Gasteiger partial charge in [-0.05, 0) is 42.3 Å². The third kappa shape index (κ3) is 3.39. The number of urea groups is 1. The first kappa shape index (κ1) is 23.7. The topological polar surface area (TPSA) is 102 Å². The molecule has 2 aromatic rings. The van der Waals surface area contributed by atoms with Crippen molar-refractivity contribution in [1.29, 1.82) is 0 Å². The van der Waals surface area contributed by atoms with Gasteiger partial charge in [-0.25, -0.2) is 4.79 Å². The lowest BCUT2D eigenvalue weighted by Gasteiger charge is -2.56. The third-order valence-electron chi connectivity index (χ3n) is 7.50. The van der Waals surface area contributed by atoms with Crippen LogP contribution in [0.3, 0.4) is 0 Å². The van der Waals surface area contributed by atoms with Crippen LogP contribution in [0.25, 0.3) is 0 Å². The molecular weight excluding hydrogens is 462 g/mol. The molecule has 3 heterocycles. The maximum Gasteiger partial charge on any atom is 0.332 e. The van der Waals surface area contributed by atoms with Gasteiger partial charge in [0.05, 0.1) is 18.8 Å². The van der Waals surface area contributed by atoms with Crippen molar-refractivity contribution in [3.63, 3.8) is 0 Å². The second kappa shape index (κ2) is 8.54. The number of piperazine rings is 1. The zero-order valence-electron chi connectivity index (χ0n) is 20.8. The van der Waals surface area contributed by atoms with Crippen LogP contribution < -0.4 is 19.9 Å². The van der Waals surface area contributed by atoms with Gasteiger partial charge in [0.15, 0.2) is 5.41 Å². The van der Waals surface area contributed by atoms with Crippen molar-refractivity contribution in [2.45, 2.75) is 19.4 Å². The lowest BCUT2D eigenvalue weighted by Crippen LogP contribution is -2.74. The second-order valence-electron chi connectivity index (χ2n) is 9.51. The van der Waals surface area contributed by atoms with Crippen molar-refractivity contribution in [2.24, 2.45) is 5.41 Å². The molecule has 0 aliphatic carbocycles. The van der Waals surface area contributed by atoms with Gasteiger partial charge in [-0.3, -0.25) is 24.2 Å². The van der Waals surface area contributed by atoms with Gasteiger partial charge in [-0.1, -0.05) is 12.1 Å². The summed E-state index contributed by atoms with van der Waals surface area (Å²) < 4.78 is 5.58. The number of ether oxygens (including phenoxy) is 1. The summed E-state index contributed by atoms with van der Waals surface area (Å²) in [6.45, 7) is 3.02. The fourth-order valence-electron chi connectivity index (χ4n) is 5.83. The Morgan fingerprint density at radius 2 is 1.69 bits per heavy atom. The van der Waals surface area contributed by atoms with E-state index in [1.54, 1.807) is 7.11 Å². The Bertz CT molecular complexity index is 1250. The first-order valence-corrected chi connectivity index (χ1v) is 11.8. The van der Waals surface area contributed by atoms with Gasteiger partial charge in [0.2, 0.25) is 17.7 Å². The summed E-state index contributed by atoms with van der Waals surface area (Å²) in [7, 11) is 4.46. The van der Waals surface area contributed by atoms with E-state index in [1.165, 1.54) is 21.0 Å². The molecule has 36 heavy (non-hydrogen) atoms. The van der Waals surface area contributed by atoms with E-state index >= 15 is 0 Å². The summed E-state index contributed by atoms with van der Waals surface area (Å²) >= 11 is 0. The van der Waals surface area contributed by atoms with Crippen LogP contribution in [-0.2, 0) is 20.8 Å². The highest BCUT2D eigenvalue weighted by Gasteiger charge is 2.64. The molecule has 0 bridgehead atoms. The molecule has 3 aliphatic rings. The summed E-state index contributed by atoms with van der Waals surface area (Å²) in [6.07, 6.45) is 0.121. The van der Waals surface area contributed by atoms with E-state index in [9.17, 15) is 19.2 Å². The standard InChI is InChI=1S/C26H29N5O5/c1-16(32)27-18-9-10-19-17(13-18)14-26(23(33)28(2)25(35)29(3)24(26)34)22-15-30(11-12-31(19)22)20-7-5-6-8-21(20)36-4/h5-10,13,22H,11-12,14-15H2,1-4H3,(H,27,32). The molecule has 0 aromatic heterocycles. The van der Waals surface area contributed by atoms with Crippen molar-refractivity contribution < 1.29 is 23.9 Å². The van der Waals surface area contributed by atoms with Crippen molar-refractivity contribution in [2.75, 3.05) is 56.0 Å². The molecule has 1 atom stereocenters. The number of fused-ring (bicyclic) bond motifs is 4. The Labute approximate surface area is 209 Å². The predicted octanol–water partition coefficient (Wildman–Crippen LogP) is 1.94. The van der Waals surface area contributed by atoms with E-state index in [0.717, 1.165) is 26.7 Å². The normalized spacial score (nSPS) is 20.9. The molecule has 0 radical (unpaired) electrons. The summed E-state index contributed by atoms with van der Waals surface area (Å²) in [6, 6.07) is 12.1. The second-order valence-corrected chi connectivity index (χ2v) is 9.51. The molecule has 0 saturated carbocycles. The van der Waals surface area contributed by atoms with Crippen molar-refractivity contribution in [3.05, 3.63) is 48.0 Å². The number of barbiturate groups is 1. The fraction of sp³-hybridized carbons (Fsp3) is 0.385. The molecule has 1 unspecified atom stereocenters. The molecule has 2 saturated heterocycles. The van der Waals surface area contributed by atoms with Crippen LogP contribution in [0.5, 0.6) is 5.75 Å². The minimum absolute atomic E-state index is 0.121. The van der Waals surface area contributed by atoms with Crippen molar-refractivity contribution >= 4 is 40.8 Å². The number of carbonyl (C=O) groups excluding carboxylic acids is 4. The molecule has 1 spiro atoms. The molecule has 10 nitrogen and oxygen atoms in total. The Kier molecular flexibility index (Phi) is 5.61. The number of rotatable bonds is 3. The molecule has 5 amide bonds. The average molecular weight is 492 g/mol. The van der Waals surface area contributed by atoms with E-state index in [1.807, 2.05) is 42.5 Å². The molecule has 1 N–H and O–H groups in total. The zero-order chi connectivity index (χ0) is 25.8. The average Bonchev–Trinajstić information content (AvgIpc) is 2.88. The van der Waals surface area contributed by atoms with Crippen LogP contribution in [0.15, 0.2) is 42.5 Å². The quantitative estimate of drug-likeness (QED) is 0.655. The minimum atomic E-state index is -1.50. The Morgan fingerprint density at radius 3 is 2.36 bits per heavy atom. The van der Waals surface area contributed by atoms with Gasteiger partial charge in [-0.2, -0.15) is 0 Å². The summed E-state index contributed by atoms with van der Waals surface area (Å²) in [5.41, 5.74) is 1.68. The van der Waals surface area contributed by atoms with E-state index in [0.29, 0.717) is 31.1 Å². The lowest BCUT2D eigenvalue weighted by atomic mass is 9.67. The number of methoxy groups -OCH3 is 1. The van der Waals surface area contributed by atoms with E-state index in [-0.39, 0.29) is 12.3 Å². The highest BCUT2D eigenvalue weighted by atomic mass is 16.5. The van der Waals surface area contributed by atoms with Crippen LogP contribution in [0.1, 0.15) is 12.5 Å². The van der Waals surface area contributed by atoms with Gasteiger partial charge in [0.25, 0.3) is 0 Å². The van der Waals surface area contributed by atoms with Gasteiger partial charge >= 0.3 is 6.03 Å². The number of para-hydroxylation sites is 2. The molecule has 10 heteroatoms. The first-order chi connectivity index (χ1) is 17.2. The number of anilines is 3. The molecule has 2 fully saturated rings. The monoisotopic (exact) mass is 491 g/mol. The number of imide groups is 2. The summed E-state index contributed by atoms with van der Waals surface area (Å²) in [5, 5.41) is 2.78. The highest BCUT2D eigenvalue weighted by molar-refractivity contribution is 6.20. The number of benzene rings is 2. The van der Waals surface area contributed by atoms with E-state index < -0.39 is 29.3 Å². The third-order valence-corrected chi connectivity index (χ3v) is 7.50. The number of nitrogens with zero attached hydrogens (tertiary/aromatic N) is 4. The number of carbonyl (C=O) groups is 4. The fourth-order valence-corrected chi connectivity index (χ4v) is 5.83. The number of amides is 5. The summed E-state index contributed by atoms with van der Waals surface area (Å²) in [4.78, 5) is 58.4. The van der Waals surface area contributed by atoms with Crippen molar-refractivity contribution in [1.82, 2.24) is 9.80 Å². The zero-order valence-corrected chi connectivity index (χ0v) is 20.8. The highest BCUT2D eigenvalue weighted by Crippen LogP contribution is 2.48. The number of hydrogen-bond acceptors (Lipinski definition) is 7. The lowest BCUT2D eigenvalue weighted by molar-refractivity contribution is -0.159. The van der Waals surface area contributed by atoms with Crippen LogP contribution >= 0.6 is 0 Å². The number of hydrogen-bond donors (Lipinski definition) is 1. The van der Waals surface area contributed by atoms with Crippen molar-refractivity contribution in [3.8, 4) is 5.75 Å². The summed E-state index contributed by atoms with van der Waals surface area (Å²) in [5.74, 6) is -0.522. The molecule has 5 rings (SSSR count). The van der Waals surface area contributed by atoms with E-state index in [4.69, 9.17) is 4.74 Å². The molecular formula is C26H29N5O5. The van der Waals surface area contributed by atoms with Gasteiger partial charge in [-0.15, -0.1) is 0 Å². The number of nitrogens with one attached hydrogen (secondary N) is 1. The molecule has 188 valence electrons. The largest absolute Gasteiger partial charge is 0.495 e. The Balaban J connectivity index is 1.65. The van der Waals surface area contributed by atoms with Crippen LogP contribution in [-0.4, -0.2) is 80.4 Å². The molecule has 2 aromatic carbocycles. The van der Waals surface area contributed by atoms with Gasteiger partial charge in [0, 0.05) is 52.0 Å². The van der Waals surface area contributed by atoms with Crippen LogP contribution in [0.4, 0.5) is 21.9 Å². The smallest absolute Gasteiger partial charge is 0.332 e. The van der Waals surface area contributed by atoms with E-state index in [2.05, 4.69) is 15.1 Å². The van der Waals surface area contributed by atoms with Crippen LogP contribution in [0, 0.1) is 5.41 Å². The first-order valence-electron chi connectivity index (χ1n) is 11.8. The van der Waals surface area contributed by atoms with Gasteiger partial charge < -0.3 is 19.9 Å². The maximum atomic E-state index is 13.9. The predicted molar refractivity (Wildman–Crippen MR) is 134 cm³/mol. The minimum Gasteiger partial charge on any atom is -0.495 e. The van der Waals surface area contributed by atoms with Crippen LogP contribution in [0.2, 0.25) is 0 Å². The Hall–Kier alpha value is -4.08. The molecule has 3 aliphatic heterocycles. The Morgan fingerprint density at radius 1 is 1.00 bits per heavy atom. The maximum absolute atomic E-state index is 13.9. The SMILES string of the molecule is COc1ccccc1N1CCN2c3ccc(NC(C)=O)cc3CC3(C(=O)N(C)C(=O)N(C)C3=O)C2C1. The van der Waals surface area contributed by atoms with Gasteiger partial charge in [0.1, 0.15) is 5.75 Å².